The van der Waals surface area contributed by atoms with Gasteiger partial charge in [0.15, 0.2) is 0 Å². The molecule has 0 bridgehead atoms. The van der Waals surface area contributed by atoms with Gasteiger partial charge in [-0.2, -0.15) is 0 Å². The van der Waals surface area contributed by atoms with Crippen LogP contribution in [0.1, 0.15) is 46.1 Å². The minimum atomic E-state index is -1.49. The maximum Gasteiger partial charge on any atom is 0.319 e. The molecule has 0 aliphatic carbocycles. The third-order valence-corrected chi connectivity index (χ3v) is 4.73. The van der Waals surface area contributed by atoms with Gasteiger partial charge in [-0.3, -0.25) is 9.00 Å². The molecule has 1 aromatic carbocycles. The smallest absolute Gasteiger partial charge is 0.319 e. The SMILES string of the molecule is CCCC(C(=O)O)S(=O)c1ccc(C(C)(C)C)cc1. The Morgan fingerprint density at radius 2 is 1.79 bits per heavy atom. The van der Waals surface area contributed by atoms with Gasteiger partial charge in [-0.25, -0.2) is 0 Å². The van der Waals surface area contributed by atoms with E-state index in [1.807, 2.05) is 19.1 Å². The molecule has 0 saturated heterocycles. The van der Waals surface area contributed by atoms with Crippen LogP contribution in [0, 0.1) is 0 Å². The Bertz CT molecular complexity index is 457. The van der Waals surface area contributed by atoms with E-state index in [2.05, 4.69) is 20.8 Å². The zero-order valence-corrected chi connectivity index (χ0v) is 12.8. The van der Waals surface area contributed by atoms with E-state index in [-0.39, 0.29) is 5.41 Å². The number of hydrogen-bond donors (Lipinski definition) is 1. The van der Waals surface area contributed by atoms with Crippen LogP contribution < -0.4 is 0 Å². The summed E-state index contributed by atoms with van der Waals surface area (Å²) in [6.07, 6.45) is 1.14. The van der Waals surface area contributed by atoms with Gasteiger partial charge in [-0.1, -0.05) is 46.2 Å². The summed E-state index contributed by atoms with van der Waals surface area (Å²) in [5, 5.41) is 8.31. The average molecular weight is 282 g/mol. The summed E-state index contributed by atoms with van der Waals surface area (Å²) in [5.41, 5.74) is 1.19. The molecule has 19 heavy (non-hydrogen) atoms. The maximum absolute atomic E-state index is 12.3. The molecule has 0 saturated carbocycles. The highest BCUT2D eigenvalue weighted by molar-refractivity contribution is 7.86. The number of carboxylic acids is 1. The van der Waals surface area contributed by atoms with E-state index in [0.717, 1.165) is 5.56 Å². The van der Waals surface area contributed by atoms with Crippen LogP contribution in [-0.2, 0) is 21.0 Å². The van der Waals surface area contributed by atoms with Gasteiger partial charge in [0.05, 0.1) is 10.8 Å². The highest BCUT2D eigenvalue weighted by Gasteiger charge is 2.25. The van der Waals surface area contributed by atoms with Crippen molar-refractivity contribution in [2.45, 2.75) is 56.1 Å². The molecule has 0 amide bonds. The van der Waals surface area contributed by atoms with Crippen molar-refractivity contribution >= 4 is 16.8 Å². The third-order valence-electron chi connectivity index (χ3n) is 3.04. The molecule has 2 unspecified atom stereocenters. The minimum Gasteiger partial charge on any atom is -0.480 e. The lowest BCUT2D eigenvalue weighted by Crippen LogP contribution is -2.25. The number of aliphatic carboxylic acids is 1. The van der Waals surface area contributed by atoms with Gasteiger partial charge in [-0.05, 0) is 29.5 Å². The van der Waals surface area contributed by atoms with Crippen LogP contribution in [0.2, 0.25) is 0 Å². The Kier molecular flexibility index (Phi) is 5.29. The van der Waals surface area contributed by atoms with Gasteiger partial charge >= 0.3 is 5.97 Å². The van der Waals surface area contributed by atoms with Crippen molar-refractivity contribution in [2.24, 2.45) is 0 Å². The Labute approximate surface area is 117 Å². The number of hydrogen-bond acceptors (Lipinski definition) is 2. The van der Waals surface area contributed by atoms with Crippen LogP contribution in [0.3, 0.4) is 0 Å². The summed E-state index contributed by atoms with van der Waals surface area (Å²) in [5.74, 6) is -0.986. The summed E-state index contributed by atoms with van der Waals surface area (Å²) in [4.78, 5) is 11.7. The zero-order chi connectivity index (χ0) is 14.6. The van der Waals surface area contributed by atoms with Crippen molar-refractivity contribution in [3.63, 3.8) is 0 Å². The average Bonchev–Trinajstić information content (AvgIpc) is 2.34. The van der Waals surface area contributed by atoms with Crippen molar-refractivity contribution in [1.82, 2.24) is 0 Å². The van der Waals surface area contributed by atoms with E-state index >= 15 is 0 Å². The van der Waals surface area contributed by atoms with E-state index in [1.165, 1.54) is 0 Å². The molecule has 1 aromatic rings. The largest absolute Gasteiger partial charge is 0.480 e. The summed E-state index contributed by atoms with van der Waals surface area (Å²) in [7, 11) is -1.49. The second-order valence-corrected chi connectivity index (χ2v) is 7.32. The fourth-order valence-corrected chi connectivity index (χ4v) is 3.20. The fourth-order valence-electron chi connectivity index (χ4n) is 1.84. The first-order chi connectivity index (χ1) is 8.77. The minimum absolute atomic E-state index is 0.0373. The van der Waals surface area contributed by atoms with Gasteiger partial charge in [0.25, 0.3) is 0 Å². The molecule has 0 aromatic heterocycles. The van der Waals surface area contributed by atoms with Crippen LogP contribution in [-0.4, -0.2) is 20.5 Å². The van der Waals surface area contributed by atoms with Crippen molar-refractivity contribution < 1.29 is 14.1 Å². The summed E-state index contributed by atoms with van der Waals surface area (Å²) in [6, 6.07) is 7.42. The number of carbonyl (C=O) groups is 1. The summed E-state index contributed by atoms with van der Waals surface area (Å²) < 4.78 is 12.3. The number of rotatable bonds is 5. The molecule has 2 atom stereocenters. The molecular formula is C15H22O3S. The molecule has 1 N–H and O–H groups in total. The predicted octanol–water partition coefficient (Wildman–Crippen LogP) is 3.35. The van der Waals surface area contributed by atoms with E-state index in [4.69, 9.17) is 5.11 Å². The fraction of sp³-hybridized carbons (Fsp3) is 0.533. The zero-order valence-electron chi connectivity index (χ0n) is 12.0. The first-order valence-corrected chi connectivity index (χ1v) is 7.72. The molecule has 0 aliphatic rings. The second kappa shape index (κ2) is 6.33. The van der Waals surface area contributed by atoms with Gasteiger partial charge in [-0.15, -0.1) is 0 Å². The first-order valence-electron chi connectivity index (χ1n) is 6.51. The lowest BCUT2D eigenvalue weighted by atomic mass is 9.87. The number of carboxylic acid groups (broad SMARTS) is 1. The van der Waals surface area contributed by atoms with Gasteiger partial charge in [0.2, 0.25) is 0 Å². The van der Waals surface area contributed by atoms with E-state index in [9.17, 15) is 9.00 Å². The van der Waals surface area contributed by atoms with Crippen molar-refractivity contribution in [3.8, 4) is 0 Å². The molecule has 1 rings (SSSR count). The van der Waals surface area contributed by atoms with Crippen LogP contribution in [0.4, 0.5) is 0 Å². The Balaban J connectivity index is 2.97. The van der Waals surface area contributed by atoms with Crippen LogP contribution in [0.25, 0.3) is 0 Å². The quantitative estimate of drug-likeness (QED) is 0.901. The Morgan fingerprint density at radius 1 is 1.26 bits per heavy atom. The highest BCUT2D eigenvalue weighted by Crippen LogP contribution is 2.24. The normalized spacial score (nSPS) is 14.9. The molecule has 3 nitrogen and oxygen atoms in total. The van der Waals surface area contributed by atoms with Gasteiger partial charge < -0.3 is 5.11 Å². The topological polar surface area (TPSA) is 54.4 Å². The Hall–Kier alpha value is -1.16. The molecule has 106 valence electrons. The Morgan fingerprint density at radius 3 is 2.16 bits per heavy atom. The lowest BCUT2D eigenvalue weighted by Gasteiger charge is -2.19. The molecular weight excluding hydrogens is 260 g/mol. The van der Waals surface area contributed by atoms with Gasteiger partial charge in [0, 0.05) is 4.90 Å². The molecule has 0 fully saturated rings. The molecule has 0 spiro atoms. The van der Waals surface area contributed by atoms with E-state index < -0.39 is 22.0 Å². The summed E-state index contributed by atoms with van der Waals surface area (Å²) in [6.45, 7) is 8.22. The van der Waals surface area contributed by atoms with Crippen molar-refractivity contribution in [3.05, 3.63) is 29.8 Å². The van der Waals surface area contributed by atoms with Crippen LogP contribution in [0.5, 0.6) is 0 Å². The van der Waals surface area contributed by atoms with Crippen LogP contribution in [0.15, 0.2) is 29.2 Å². The first kappa shape index (κ1) is 15.9. The van der Waals surface area contributed by atoms with Gasteiger partial charge in [0.1, 0.15) is 5.25 Å². The second-order valence-electron chi connectivity index (χ2n) is 5.69. The third kappa shape index (κ3) is 4.16. The number of benzene rings is 1. The van der Waals surface area contributed by atoms with Crippen molar-refractivity contribution in [1.29, 1.82) is 0 Å². The van der Waals surface area contributed by atoms with Crippen molar-refractivity contribution in [2.75, 3.05) is 0 Å². The molecule has 0 radical (unpaired) electrons. The predicted molar refractivity (Wildman–Crippen MR) is 77.9 cm³/mol. The molecule has 0 aliphatic heterocycles. The monoisotopic (exact) mass is 282 g/mol. The van der Waals surface area contributed by atoms with E-state index in [0.29, 0.717) is 17.7 Å². The summed E-state index contributed by atoms with van der Waals surface area (Å²) >= 11 is 0. The molecule has 0 heterocycles. The lowest BCUT2D eigenvalue weighted by molar-refractivity contribution is -0.136. The highest BCUT2D eigenvalue weighted by atomic mass is 32.2. The van der Waals surface area contributed by atoms with Crippen LogP contribution >= 0.6 is 0 Å². The maximum atomic E-state index is 12.3. The standard InChI is InChI=1S/C15H22O3S/c1-5-6-13(14(16)17)19(18)12-9-7-11(8-10-12)15(2,3)4/h7-10,13H,5-6H2,1-4H3,(H,16,17). The molecule has 4 heteroatoms. The van der Waals surface area contributed by atoms with E-state index in [1.54, 1.807) is 12.1 Å².